The van der Waals surface area contributed by atoms with Crippen LogP contribution in [0.2, 0.25) is 0 Å². The highest BCUT2D eigenvalue weighted by Gasteiger charge is 2.13. The third-order valence-corrected chi connectivity index (χ3v) is 5.35. The Morgan fingerprint density at radius 2 is 2.15 bits per heavy atom. The van der Waals surface area contributed by atoms with Crippen molar-refractivity contribution < 1.29 is 13.6 Å². The Morgan fingerprint density at radius 1 is 1.26 bits per heavy atom. The number of anilines is 1. The van der Waals surface area contributed by atoms with Gasteiger partial charge in [-0.05, 0) is 42.8 Å². The Bertz CT molecular complexity index is 1130. The number of hydrogen-bond donors (Lipinski definition) is 1. The molecule has 0 bridgehead atoms. The van der Waals surface area contributed by atoms with E-state index in [0.717, 1.165) is 27.5 Å². The van der Waals surface area contributed by atoms with Gasteiger partial charge in [0.15, 0.2) is 5.13 Å². The van der Waals surface area contributed by atoms with Gasteiger partial charge in [-0.3, -0.25) is 4.79 Å². The number of carbonyl (C=O) groups is 1. The molecule has 4 aromatic rings. The molecular formula is C18H13FN4O2S2. The van der Waals surface area contributed by atoms with Gasteiger partial charge in [-0.1, -0.05) is 35.2 Å². The molecule has 0 aliphatic carbocycles. The highest BCUT2D eigenvalue weighted by molar-refractivity contribution is 7.99. The van der Waals surface area contributed by atoms with E-state index in [4.69, 9.17) is 4.42 Å². The Balaban J connectivity index is 1.37. The van der Waals surface area contributed by atoms with Crippen molar-refractivity contribution in [3.8, 4) is 11.5 Å². The Hall–Kier alpha value is -2.78. The first kappa shape index (κ1) is 17.6. The minimum absolute atomic E-state index is 0.0970. The van der Waals surface area contributed by atoms with E-state index >= 15 is 0 Å². The van der Waals surface area contributed by atoms with E-state index in [1.807, 2.05) is 25.1 Å². The number of nitrogens with zero attached hydrogens (tertiary/aromatic N) is 3. The summed E-state index contributed by atoms with van der Waals surface area (Å²) in [5, 5.41) is 11.3. The molecule has 1 amide bonds. The number of aromatic nitrogens is 3. The van der Waals surface area contributed by atoms with Crippen molar-refractivity contribution in [2.24, 2.45) is 0 Å². The standard InChI is InChI=1S/C18H13FN4O2S2/c1-10-5-6-13-14(7-10)27-17(20-13)21-15(24)9-26-18-23-22-16(25-18)11-3-2-4-12(19)8-11/h2-8H,9H2,1H3,(H,20,21,24). The van der Waals surface area contributed by atoms with Crippen molar-refractivity contribution in [1.29, 1.82) is 0 Å². The SMILES string of the molecule is Cc1ccc2nc(NC(=O)CSc3nnc(-c4cccc(F)c4)o3)sc2c1. The first-order valence-electron chi connectivity index (χ1n) is 7.96. The van der Waals surface area contributed by atoms with Crippen LogP contribution in [0.3, 0.4) is 0 Å². The minimum Gasteiger partial charge on any atom is -0.411 e. The maximum Gasteiger partial charge on any atom is 0.277 e. The summed E-state index contributed by atoms with van der Waals surface area (Å²) in [4.78, 5) is 16.5. The number of halogens is 1. The third kappa shape index (κ3) is 4.15. The maximum absolute atomic E-state index is 13.3. The lowest BCUT2D eigenvalue weighted by molar-refractivity contribution is -0.113. The summed E-state index contributed by atoms with van der Waals surface area (Å²) in [6.45, 7) is 2.01. The predicted molar refractivity (Wildman–Crippen MR) is 103 cm³/mol. The summed E-state index contributed by atoms with van der Waals surface area (Å²) >= 11 is 2.53. The van der Waals surface area contributed by atoms with Gasteiger partial charge in [0, 0.05) is 5.56 Å². The number of carbonyl (C=O) groups excluding carboxylic acids is 1. The van der Waals surface area contributed by atoms with Gasteiger partial charge in [0.05, 0.1) is 16.0 Å². The number of hydrogen-bond acceptors (Lipinski definition) is 7. The number of thiazole rings is 1. The van der Waals surface area contributed by atoms with E-state index in [0.29, 0.717) is 10.7 Å². The fourth-order valence-corrected chi connectivity index (χ4v) is 3.92. The summed E-state index contributed by atoms with van der Waals surface area (Å²) < 4.78 is 19.8. The van der Waals surface area contributed by atoms with Gasteiger partial charge in [0.1, 0.15) is 5.82 Å². The molecule has 2 heterocycles. The Morgan fingerprint density at radius 3 is 3.00 bits per heavy atom. The largest absolute Gasteiger partial charge is 0.411 e. The summed E-state index contributed by atoms with van der Waals surface area (Å²) in [6.07, 6.45) is 0. The summed E-state index contributed by atoms with van der Waals surface area (Å²) in [5.74, 6) is -0.301. The molecule has 2 aromatic carbocycles. The molecule has 0 saturated carbocycles. The maximum atomic E-state index is 13.3. The van der Waals surface area contributed by atoms with Gasteiger partial charge in [-0.15, -0.1) is 10.2 Å². The van der Waals surface area contributed by atoms with E-state index in [1.165, 1.54) is 23.5 Å². The van der Waals surface area contributed by atoms with Crippen LogP contribution in [0, 0.1) is 12.7 Å². The van der Waals surface area contributed by atoms with Crippen LogP contribution in [0.25, 0.3) is 21.7 Å². The zero-order chi connectivity index (χ0) is 18.8. The monoisotopic (exact) mass is 400 g/mol. The van der Waals surface area contributed by atoms with Crippen LogP contribution in [0.4, 0.5) is 9.52 Å². The molecule has 0 aliphatic heterocycles. The molecule has 9 heteroatoms. The quantitative estimate of drug-likeness (QED) is 0.496. The smallest absolute Gasteiger partial charge is 0.277 e. The van der Waals surface area contributed by atoms with Gasteiger partial charge in [-0.25, -0.2) is 9.37 Å². The van der Waals surface area contributed by atoms with Crippen molar-refractivity contribution in [3.05, 3.63) is 53.8 Å². The average molecular weight is 400 g/mol. The molecule has 136 valence electrons. The fourth-order valence-electron chi connectivity index (χ4n) is 2.37. The molecular weight excluding hydrogens is 387 g/mol. The number of fused-ring (bicyclic) bond motifs is 1. The van der Waals surface area contributed by atoms with Crippen molar-refractivity contribution in [2.75, 3.05) is 11.1 Å². The molecule has 6 nitrogen and oxygen atoms in total. The topological polar surface area (TPSA) is 80.9 Å². The summed E-state index contributed by atoms with van der Waals surface area (Å²) in [7, 11) is 0. The number of rotatable bonds is 5. The zero-order valence-electron chi connectivity index (χ0n) is 14.1. The number of benzene rings is 2. The molecule has 0 atom stereocenters. The van der Waals surface area contributed by atoms with Crippen LogP contribution < -0.4 is 5.32 Å². The van der Waals surface area contributed by atoms with Crippen molar-refractivity contribution in [2.45, 2.75) is 12.1 Å². The van der Waals surface area contributed by atoms with E-state index in [-0.39, 0.29) is 28.6 Å². The van der Waals surface area contributed by atoms with Crippen LogP contribution >= 0.6 is 23.1 Å². The average Bonchev–Trinajstić information content (AvgIpc) is 3.26. The number of thioether (sulfide) groups is 1. The van der Waals surface area contributed by atoms with Crippen LogP contribution in [0.5, 0.6) is 0 Å². The summed E-state index contributed by atoms with van der Waals surface area (Å²) in [5.41, 5.74) is 2.49. The van der Waals surface area contributed by atoms with Gasteiger partial charge >= 0.3 is 0 Å². The molecule has 0 aliphatic rings. The fraction of sp³-hybridized carbons (Fsp3) is 0.111. The molecule has 0 radical (unpaired) electrons. The second-order valence-electron chi connectivity index (χ2n) is 5.71. The van der Waals surface area contributed by atoms with Crippen molar-refractivity contribution in [3.63, 3.8) is 0 Å². The van der Waals surface area contributed by atoms with E-state index < -0.39 is 0 Å². The first-order chi connectivity index (χ1) is 13.1. The van der Waals surface area contributed by atoms with Gasteiger partial charge in [0.2, 0.25) is 11.8 Å². The Labute approximate surface area is 161 Å². The molecule has 0 fully saturated rings. The van der Waals surface area contributed by atoms with Gasteiger partial charge in [-0.2, -0.15) is 0 Å². The lowest BCUT2D eigenvalue weighted by Crippen LogP contribution is -2.13. The Kier molecular flexibility index (Phi) is 4.87. The molecule has 27 heavy (non-hydrogen) atoms. The lowest BCUT2D eigenvalue weighted by atomic mass is 10.2. The van der Waals surface area contributed by atoms with Crippen LogP contribution in [-0.4, -0.2) is 26.8 Å². The second-order valence-corrected chi connectivity index (χ2v) is 7.67. The summed E-state index contributed by atoms with van der Waals surface area (Å²) in [6, 6.07) is 11.8. The van der Waals surface area contributed by atoms with E-state index in [9.17, 15) is 9.18 Å². The molecule has 0 saturated heterocycles. The van der Waals surface area contributed by atoms with Crippen LogP contribution in [0.15, 0.2) is 52.1 Å². The molecule has 4 rings (SSSR count). The minimum atomic E-state index is -0.384. The van der Waals surface area contributed by atoms with E-state index in [1.54, 1.807) is 12.1 Å². The highest BCUT2D eigenvalue weighted by atomic mass is 32.2. The first-order valence-corrected chi connectivity index (χ1v) is 9.76. The van der Waals surface area contributed by atoms with Crippen LogP contribution in [0.1, 0.15) is 5.56 Å². The molecule has 2 aromatic heterocycles. The molecule has 0 spiro atoms. The van der Waals surface area contributed by atoms with Gasteiger partial charge < -0.3 is 9.73 Å². The number of nitrogens with one attached hydrogen (secondary N) is 1. The zero-order valence-corrected chi connectivity index (χ0v) is 15.7. The molecule has 0 unspecified atom stereocenters. The number of aryl methyl sites for hydroxylation is 1. The predicted octanol–water partition coefficient (Wildman–Crippen LogP) is 4.52. The lowest BCUT2D eigenvalue weighted by Gasteiger charge is -1.98. The van der Waals surface area contributed by atoms with Crippen LogP contribution in [-0.2, 0) is 4.79 Å². The second kappa shape index (κ2) is 7.45. The number of amides is 1. The van der Waals surface area contributed by atoms with E-state index in [2.05, 4.69) is 20.5 Å². The molecule has 1 N–H and O–H groups in total. The van der Waals surface area contributed by atoms with Crippen molar-refractivity contribution >= 4 is 44.4 Å². The van der Waals surface area contributed by atoms with Gasteiger partial charge in [0.25, 0.3) is 5.22 Å². The normalized spacial score (nSPS) is 11.0. The third-order valence-electron chi connectivity index (χ3n) is 3.60. The van der Waals surface area contributed by atoms with Crippen molar-refractivity contribution in [1.82, 2.24) is 15.2 Å². The highest BCUT2D eigenvalue weighted by Crippen LogP contribution is 2.27.